The van der Waals surface area contributed by atoms with Crippen molar-refractivity contribution >= 4 is 0 Å². The highest BCUT2D eigenvalue weighted by Crippen LogP contribution is 2.41. The van der Waals surface area contributed by atoms with Crippen LogP contribution in [0.5, 0.6) is 0 Å². The van der Waals surface area contributed by atoms with E-state index in [1.54, 1.807) is 0 Å². The molecule has 1 spiro atoms. The second kappa shape index (κ2) is 5.25. The number of piperazine rings is 1. The molecule has 2 aliphatic heterocycles. The Labute approximate surface area is 105 Å². The zero-order valence-corrected chi connectivity index (χ0v) is 10.9. The first-order valence-electron chi connectivity index (χ1n) is 7.47. The molecule has 0 aromatic rings. The van der Waals surface area contributed by atoms with E-state index in [1.165, 1.54) is 64.6 Å². The van der Waals surface area contributed by atoms with Crippen LogP contribution in [0.15, 0.2) is 0 Å². The molecule has 2 heterocycles. The Morgan fingerprint density at radius 1 is 1.06 bits per heavy atom. The first-order valence-corrected chi connectivity index (χ1v) is 7.47. The number of hydrogen-bond acceptors (Lipinski definition) is 3. The van der Waals surface area contributed by atoms with Gasteiger partial charge < -0.3 is 10.1 Å². The van der Waals surface area contributed by atoms with E-state index in [9.17, 15) is 0 Å². The van der Waals surface area contributed by atoms with Gasteiger partial charge in [0.25, 0.3) is 0 Å². The van der Waals surface area contributed by atoms with E-state index in [0.717, 1.165) is 13.1 Å². The van der Waals surface area contributed by atoms with Gasteiger partial charge in [-0.05, 0) is 25.7 Å². The fourth-order valence-corrected chi connectivity index (χ4v) is 3.77. The van der Waals surface area contributed by atoms with Crippen LogP contribution in [-0.4, -0.2) is 49.3 Å². The first-order chi connectivity index (χ1) is 8.36. The molecule has 0 amide bonds. The Hall–Kier alpha value is -0.120. The van der Waals surface area contributed by atoms with E-state index in [2.05, 4.69) is 10.2 Å². The van der Waals surface area contributed by atoms with E-state index in [0.29, 0.717) is 11.7 Å². The van der Waals surface area contributed by atoms with Crippen LogP contribution in [0.1, 0.15) is 44.9 Å². The standard InChI is InChI=1S/C14H26N2O/c1-2-5-14(6-3-1)7-4-13(17-14)12-16-10-8-15-9-11-16/h13,15H,1-12H2. The van der Waals surface area contributed by atoms with Crippen molar-refractivity contribution in [3.8, 4) is 0 Å². The number of nitrogens with one attached hydrogen (secondary N) is 1. The van der Waals surface area contributed by atoms with Gasteiger partial charge in [0.15, 0.2) is 0 Å². The van der Waals surface area contributed by atoms with Gasteiger partial charge in [-0.3, -0.25) is 4.90 Å². The van der Waals surface area contributed by atoms with Crippen molar-refractivity contribution in [3.05, 3.63) is 0 Å². The summed E-state index contributed by atoms with van der Waals surface area (Å²) in [6.07, 6.45) is 9.99. The minimum atomic E-state index is 0.303. The monoisotopic (exact) mass is 238 g/mol. The van der Waals surface area contributed by atoms with Crippen LogP contribution in [0.25, 0.3) is 0 Å². The Bertz CT molecular complexity index is 245. The highest BCUT2D eigenvalue weighted by atomic mass is 16.5. The van der Waals surface area contributed by atoms with E-state index in [-0.39, 0.29) is 0 Å². The molecule has 3 fully saturated rings. The zero-order chi connectivity index (χ0) is 11.6. The lowest BCUT2D eigenvalue weighted by Crippen LogP contribution is -2.46. The summed E-state index contributed by atoms with van der Waals surface area (Å²) in [6.45, 7) is 5.87. The van der Waals surface area contributed by atoms with Crippen molar-refractivity contribution in [1.82, 2.24) is 10.2 Å². The smallest absolute Gasteiger partial charge is 0.0710 e. The normalized spacial score (nSPS) is 34.2. The van der Waals surface area contributed by atoms with Gasteiger partial charge in [0.1, 0.15) is 0 Å². The molecule has 1 aliphatic carbocycles. The van der Waals surface area contributed by atoms with Gasteiger partial charge in [-0.25, -0.2) is 0 Å². The molecular weight excluding hydrogens is 212 g/mol. The fourth-order valence-electron chi connectivity index (χ4n) is 3.77. The molecule has 2 saturated heterocycles. The van der Waals surface area contributed by atoms with Gasteiger partial charge in [-0.2, -0.15) is 0 Å². The van der Waals surface area contributed by atoms with Crippen molar-refractivity contribution in [1.29, 1.82) is 0 Å². The molecule has 3 heteroatoms. The maximum Gasteiger partial charge on any atom is 0.0710 e. The van der Waals surface area contributed by atoms with Crippen LogP contribution in [0.2, 0.25) is 0 Å². The fraction of sp³-hybridized carbons (Fsp3) is 1.00. The lowest BCUT2D eigenvalue weighted by molar-refractivity contribution is -0.0723. The summed E-state index contributed by atoms with van der Waals surface area (Å²) in [4.78, 5) is 2.57. The molecule has 3 aliphatic rings. The summed E-state index contributed by atoms with van der Waals surface area (Å²) in [5, 5.41) is 3.41. The highest BCUT2D eigenvalue weighted by Gasteiger charge is 2.41. The van der Waals surface area contributed by atoms with Crippen molar-refractivity contribution in [2.24, 2.45) is 0 Å². The average Bonchev–Trinajstić information content (AvgIpc) is 2.74. The molecule has 0 aromatic carbocycles. The van der Waals surface area contributed by atoms with Gasteiger partial charge in [0.2, 0.25) is 0 Å². The van der Waals surface area contributed by atoms with Crippen LogP contribution < -0.4 is 5.32 Å². The Morgan fingerprint density at radius 2 is 1.82 bits per heavy atom. The minimum Gasteiger partial charge on any atom is -0.370 e. The number of ether oxygens (including phenoxy) is 1. The van der Waals surface area contributed by atoms with E-state index in [1.807, 2.05) is 0 Å². The second-order valence-corrected chi connectivity index (χ2v) is 6.07. The van der Waals surface area contributed by atoms with E-state index in [4.69, 9.17) is 4.74 Å². The number of hydrogen-bond donors (Lipinski definition) is 1. The maximum absolute atomic E-state index is 6.43. The molecule has 98 valence electrons. The SMILES string of the molecule is C1CCC2(CC1)CCC(CN1CCNCC1)O2. The number of nitrogens with zero attached hydrogens (tertiary/aromatic N) is 1. The molecule has 1 atom stereocenters. The van der Waals surface area contributed by atoms with Crippen LogP contribution in [-0.2, 0) is 4.74 Å². The highest BCUT2D eigenvalue weighted by molar-refractivity contribution is 4.92. The third kappa shape index (κ3) is 2.83. The molecule has 1 N–H and O–H groups in total. The van der Waals surface area contributed by atoms with Crippen molar-refractivity contribution < 1.29 is 4.74 Å². The number of rotatable bonds is 2. The Balaban J connectivity index is 1.49. The topological polar surface area (TPSA) is 24.5 Å². The van der Waals surface area contributed by atoms with Gasteiger partial charge in [0, 0.05) is 32.7 Å². The predicted octanol–water partition coefficient (Wildman–Crippen LogP) is 1.77. The Morgan fingerprint density at radius 3 is 2.59 bits per heavy atom. The third-order valence-corrected chi connectivity index (χ3v) is 4.77. The molecule has 1 unspecified atom stereocenters. The van der Waals surface area contributed by atoms with Gasteiger partial charge >= 0.3 is 0 Å². The van der Waals surface area contributed by atoms with Gasteiger partial charge in [-0.15, -0.1) is 0 Å². The van der Waals surface area contributed by atoms with Crippen molar-refractivity contribution in [2.75, 3.05) is 32.7 Å². The molecule has 3 nitrogen and oxygen atoms in total. The van der Waals surface area contributed by atoms with E-state index < -0.39 is 0 Å². The Kier molecular flexibility index (Phi) is 3.69. The maximum atomic E-state index is 6.43. The van der Waals surface area contributed by atoms with Crippen LogP contribution in [0, 0.1) is 0 Å². The van der Waals surface area contributed by atoms with E-state index >= 15 is 0 Å². The molecule has 0 radical (unpaired) electrons. The van der Waals surface area contributed by atoms with Crippen molar-refractivity contribution in [3.63, 3.8) is 0 Å². The summed E-state index contributed by atoms with van der Waals surface area (Å²) >= 11 is 0. The summed E-state index contributed by atoms with van der Waals surface area (Å²) in [6, 6.07) is 0. The van der Waals surface area contributed by atoms with Crippen LogP contribution in [0.3, 0.4) is 0 Å². The van der Waals surface area contributed by atoms with Crippen LogP contribution in [0.4, 0.5) is 0 Å². The summed E-state index contributed by atoms with van der Waals surface area (Å²) in [7, 11) is 0. The van der Waals surface area contributed by atoms with Gasteiger partial charge in [-0.1, -0.05) is 19.3 Å². The average molecular weight is 238 g/mol. The summed E-state index contributed by atoms with van der Waals surface area (Å²) in [5.74, 6) is 0. The molecule has 17 heavy (non-hydrogen) atoms. The lowest BCUT2D eigenvalue weighted by atomic mass is 9.83. The zero-order valence-electron chi connectivity index (χ0n) is 10.9. The lowest BCUT2D eigenvalue weighted by Gasteiger charge is -2.35. The molecule has 0 bridgehead atoms. The van der Waals surface area contributed by atoms with Gasteiger partial charge in [0.05, 0.1) is 11.7 Å². The molecule has 1 saturated carbocycles. The predicted molar refractivity (Wildman–Crippen MR) is 69.2 cm³/mol. The quantitative estimate of drug-likeness (QED) is 0.793. The first kappa shape index (κ1) is 11.9. The largest absolute Gasteiger partial charge is 0.370 e. The van der Waals surface area contributed by atoms with Crippen LogP contribution >= 0.6 is 0 Å². The minimum absolute atomic E-state index is 0.303. The third-order valence-electron chi connectivity index (χ3n) is 4.77. The second-order valence-electron chi connectivity index (χ2n) is 6.07. The summed E-state index contributed by atoms with van der Waals surface area (Å²) in [5.41, 5.74) is 0.303. The molecular formula is C14H26N2O. The molecule has 0 aromatic heterocycles. The molecule has 3 rings (SSSR count). The van der Waals surface area contributed by atoms with Crippen molar-refractivity contribution in [2.45, 2.75) is 56.7 Å². The summed E-state index contributed by atoms with van der Waals surface area (Å²) < 4.78 is 6.43.